The van der Waals surface area contributed by atoms with Gasteiger partial charge < -0.3 is 11.1 Å². The van der Waals surface area contributed by atoms with Crippen LogP contribution in [0.15, 0.2) is 21.5 Å². The lowest BCUT2D eigenvalue weighted by Crippen LogP contribution is -2.38. The van der Waals surface area contributed by atoms with Crippen molar-refractivity contribution in [2.24, 2.45) is 0 Å². The molecular formula is C11H15BrClN3O3S. The van der Waals surface area contributed by atoms with E-state index in [2.05, 4.69) is 21.2 Å². The molecule has 0 aliphatic heterocycles. The minimum atomic E-state index is -3.87. The number of carbonyl (C=O) groups is 1. The van der Waals surface area contributed by atoms with Crippen LogP contribution in [0.5, 0.6) is 0 Å². The second-order valence-corrected chi connectivity index (χ2v) is 7.26. The van der Waals surface area contributed by atoms with Gasteiger partial charge in [-0.05, 0) is 35.0 Å². The Labute approximate surface area is 131 Å². The molecule has 20 heavy (non-hydrogen) atoms. The van der Waals surface area contributed by atoms with Gasteiger partial charge in [-0.15, -0.1) is 0 Å². The quantitative estimate of drug-likeness (QED) is 0.751. The maximum absolute atomic E-state index is 12.4. The Balaban J connectivity index is 3.14. The first-order valence-electron chi connectivity index (χ1n) is 5.67. The molecule has 0 aliphatic rings. The second-order valence-electron chi connectivity index (χ2n) is 4.02. The van der Waals surface area contributed by atoms with Crippen LogP contribution in [0.3, 0.4) is 0 Å². The van der Waals surface area contributed by atoms with Crippen LogP contribution in [-0.2, 0) is 14.8 Å². The average molecular weight is 385 g/mol. The van der Waals surface area contributed by atoms with Crippen molar-refractivity contribution >= 4 is 49.1 Å². The highest BCUT2D eigenvalue weighted by Gasteiger charge is 2.26. The van der Waals surface area contributed by atoms with Gasteiger partial charge in [0.05, 0.1) is 15.9 Å². The number of nitrogens with zero attached hydrogens (tertiary/aromatic N) is 1. The number of benzene rings is 1. The summed E-state index contributed by atoms with van der Waals surface area (Å²) in [5, 5.41) is 2.73. The highest BCUT2D eigenvalue weighted by molar-refractivity contribution is 9.10. The van der Waals surface area contributed by atoms with Crippen LogP contribution < -0.4 is 11.1 Å². The zero-order valence-corrected chi connectivity index (χ0v) is 14.1. The van der Waals surface area contributed by atoms with E-state index in [0.29, 0.717) is 6.54 Å². The van der Waals surface area contributed by atoms with E-state index in [1.165, 1.54) is 19.2 Å². The smallest absolute Gasteiger partial charge is 0.244 e. The zero-order chi connectivity index (χ0) is 15.5. The minimum Gasteiger partial charge on any atom is -0.398 e. The van der Waals surface area contributed by atoms with E-state index >= 15 is 0 Å². The predicted molar refractivity (Wildman–Crippen MR) is 82.1 cm³/mol. The normalized spacial score (nSPS) is 11.7. The molecule has 0 aromatic heterocycles. The average Bonchev–Trinajstić information content (AvgIpc) is 2.33. The highest BCUT2D eigenvalue weighted by atomic mass is 79.9. The zero-order valence-electron chi connectivity index (χ0n) is 11.0. The molecule has 0 atom stereocenters. The van der Waals surface area contributed by atoms with Crippen molar-refractivity contribution in [3.05, 3.63) is 21.6 Å². The molecule has 0 aliphatic carbocycles. The largest absolute Gasteiger partial charge is 0.398 e. The first-order chi connectivity index (χ1) is 9.20. The first kappa shape index (κ1) is 17.2. The number of nitrogen functional groups attached to an aromatic ring is 1. The first-order valence-corrected chi connectivity index (χ1v) is 8.28. The molecule has 0 saturated carbocycles. The minimum absolute atomic E-state index is 0.0747. The number of anilines is 1. The molecule has 1 aromatic rings. The van der Waals surface area contributed by atoms with Gasteiger partial charge in [0.2, 0.25) is 15.9 Å². The number of sulfonamides is 1. The fourth-order valence-corrected chi connectivity index (χ4v) is 3.86. The van der Waals surface area contributed by atoms with Gasteiger partial charge in [-0.3, -0.25) is 4.79 Å². The molecule has 0 spiro atoms. The second kappa shape index (κ2) is 6.75. The predicted octanol–water partition coefficient (Wildman–Crippen LogP) is 1.44. The molecule has 0 radical (unpaired) electrons. The Morgan fingerprint density at radius 1 is 1.50 bits per heavy atom. The van der Waals surface area contributed by atoms with E-state index in [1.54, 1.807) is 6.92 Å². The van der Waals surface area contributed by atoms with Crippen molar-refractivity contribution in [3.8, 4) is 0 Å². The Kier molecular flexibility index (Phi) is 5.81. The summed E-state index contributed by atoms with van der Waals surface area (Å²) in [6.07, 6.45) is 0. The van der Waals surface area contributed by atoms with E-state index in [-0.39, 0.29) is 32.5 Å². The molecule has 0 heterocycles. The summed E-state index contributed by atoms with van der Waals surface area (Å²) in [5.74, 6) is -0.385. The van der Waals surface area contributed by atoms with Crippen LogP contribution in [0, 0.1) is 0 Å². The van der Waals surface area contributed by atoms with Gasteiger partial charge in [-0.25, -0.2) is 8.42 Å². The number of halogens is 2. The topological polar surface area (TPSA) is 92.5 Å². The summed E-state index contributed by atoms with van der Waals surface area (Å²) >= 11 is 8.95. The molecule has 0 fully saturated rings. The number of rotatable bonds is 5. The third kappa shape index (κ3) is 3.85. The molecule has 1 amide bonds. The third-order valence-corrected chi connectivity index (χ3v) is 5.65. The van der Waals surface area contributed by atoms with Crippen LogP contribution in [0.25, 0.3) is 0 Å². The summed E-state index contributed by atoms with van der Waals surface area (Å²) in [6.45, 7) is 1.90. The molecule has 9 heteroatoms. The maximum Gasteiger partial charge on any atom is 0.244 e. The maximum atomic E-state index is 12.4. The van der Waals surface area contributed by atoms with E-state index in [1.807, 2.05) is 0 Å². The molecule has 0 bridgehead atoms. The van der Waals surface area contributed by atoms with Crippen molar-refractivity contribution in [3.63, 3.8) is 0 Å². The fraction of sp³-hybridized carbons (Fsp3) is 0.364. The number of carbonyl (C=O) groups excluding carboxylic acids is 1. The fourth-order valence-electron chi connectivity index (χ4n) is 1.48. The summed E-state index contributed by atoms with van der Waals surface area (Å²) < 4.78 is 26.0. The SMILES string of the molecule is CCNC(=O)CN(C)S(=O)(=O)c1cc(Cl)cc(N)c1Br. The Bertz CT molecular complexity index is 622. The molecule has 0 saturated heterocycles. The molecule has 3 N–H and O–H groups in total. The van der Waals surface area contributed by atoms with Gasteiger partial charge in [-0.1, -0.05) is 11.6 Å². The van der Waals surface area contributed by atoms with E-state index < -0.39 is 10.0 Å². The molecule has 1 aromatic carbocycles. The van der Waals surface area contributed by atoms with Gasteiger partial charge in [0.1, 0.15) is 0 Å². The molecule has 0 unspecified atom stereocenters. The lowest BCUT2D eigenvalue weighted by Gasteiger charge is -2.18. The van der Waals surface area contributed by atoms with Gasteiger partial charge in [0.25, 0.3) is 0 Å². The number of nitrogens with two attached hydrogens (primary N) is 1. The van der Waals surface area contributed by atoms with E-state index in [4.69, 9.17) is 17.3 Å². The van der Waals surface area contributed by atoms with Crippen LogP contribution >= 0.6 is 27.5 Å². The number of amides is 1. The van der Waals surface area contributed by atoms with Crippen molar-refractivity contribution < 1.29 is 13.2 Å². The third-order valence-electron chi connectivity index (χ3n) is 2.46. The van der Waals surface area contributed by atoms with E-state index in [9.17, 15) is 13.2 Å². The Morgan fingerprint density at radius 2 is 2.10 bits per heavy atom. The van der Waals surface area contributed by atoms with Crippen LogP contribution in [0.2, 0.25) is 5.02 Å². The van der Waals surface area contributed by atoms with Crippen molar-refractivity contribution in [1.82, 2.24) is 9.62 Å². The summed E-state index contributed by atoms with van der Waals surface area (Å²) in [7, 11) is -2.55. The highest BCUT2D eigenvalue weighted by Crippen LogP contribution is 2.32. The standard InChI is InChI=1S/C11H15BrClN3O3S/c1-3-15-10(17)6-16(2)20(18,19)9-5-7(13)4-8(14)11(9)12/h4-5H,3,6,14H2,1-2H3,(H,15,17). The molecule has 6 nitrogen and oxygen atoms in total. The van der Waals surface area contributed by atoms with Gasteiger partial charge in [0, 0.05) is 24.3 Å². The monoisotopic (exact) mass is 383 g/mol. The summed E-state index contributed by atoms with van der Waals surface area (Å²) in [4.78, 5) is 11.4. The Hall–Kier alpha value is -0.830. The van der Waals surface area contributed by atoms with E-state index in [0.717, 1.165) is 4.31 Å². The lowest BCUT2D eigenvalue weighted by atomic mass is 10.3. The van der Waals surface area contributed by atoms with Gasteiger partial charge >= 0.3 is 0 Å². The van der Waals surface area contributed by atoms with Crippen LogP contribution in [-0.4, -0.2) is 38.8 Å². The van der Waals surface area contributed by atoms with Gasteiger partial charge in [0.15, 0.2) is 0 Å². The van der Waals surface area contributed by atoms with Crippen LogP contribution in [0.1, 0.15) is 6.92 Å². The van der Waals surface area contributed by atoms with Crippen molar-refractivity contribution in [2.45, 2.75) is 11.8 Å². The van der Waals surface area contributed by atoms with Crippen molar-refractivity contribution in [2.75, 3.05) is 25.9 Å². The molecule has 1 rings (SSSR count). The van der Waals surface area contributed by atoms with Gasteiger partial charge in [-0.2, -0.15) is 4.31 Å². The lowest BCUT2D eigenvalue weighted by molar-refractivity contribution is -0.121. The molecular weight excluding hydrogens is 370 g/mol. The van der Waals surface area contributed by atoms with Crippen LogP contribution in [0.4, 0.5) is 5.69 Å². The number of nitrogens with one attached hydrogen (secondary N) is 1. The summed E-state index contributed by atoms with van der Waals surface area (Å²) in [6, 6.07) is 2.72. The molecule has 112 valence electrons. The Morgan fingerprint density at radius 3 is 2.65 bits per heavy atom. The number of hydrogen-bond donors (Lipinski definition) is 2. The summed E-state index contributed by atoms with van der Waals surface area (Å²) in [5.41, 5.74) is 5.88. The van der Waals surface area contributed by atoms with Crippen molar-refractivity contribution in [1.29, 1.82) is 0 Å². The number of likely N-dealkylation sites (N-methyl/N-ethyl adjacent to an activating group) is 2. The number of hydrogen-bond acceptors (Lipinski definition) is 4.